The molecule has 0 heterocycles. The van der Waals surface area contributed by atoms with E-state index in [0.29, 0.717) is 6.54 Å². The van der Waals surface area contributed by atoms with Gasteiger partial charge in [-0.25, -0.2) is 0 Å². The molecule has 4 aromatic rings. The smallest absolute Gasteiger partial charge is 0.264 e. The summed E-state index contributed by atoms with van der Waals surface area (Å²) in [6.07, 6.45) is 1.01. The molecular formula is C22H23NO4S. The van der Waals surface area contributed by atoms with Crippen LogP contribution in [0.4, 0.5) is 0 Å². The van der Waals surface area contributed by atoms with E-state index in [-0.39, 0.29) is 13.2 Å². The number of hydrogen-bond donors (Lipinski definition) is 2. The average Bonchev–Trinajstić information content (AvgIpc) is 2.69. The maximum absolute atomic E-state index is 11.3. The van der Waals surface area contributed by atoms with Crippen LogP contribution in [-0.4, -0.2) is 38.5 Å². The maximum Gasteiger partial charge on any atom is 0.264 e. The van der Waals surface area contributed by atoms with Gasteiger partial charge >= 0.3 is 0 Å². The molecule has 0 spiro atoms. The molecule has 6 heteroatoms. The SMILES string of the molecule is CC(CO)(COS(C)(=O)=O)NCc1ccc2ccc3cccc4ccc1c2c34. The minimum atomic E-state index is -3.57. The van der Waals surface area contributed by atoms with Crippen molar-refractivity contribution in [2.75, 3.05) is 19.5 Å². The van der Waals surface area contributed by atoms with Crippen molar-refractivity contribution in [3.63, 3.8) is 0 Å². The van der Waals surface area contributed by atoms with Crippen LogP contribution < -0.4 is 5.32 Å². The molecule has 0 saturated heterocycles. The van der Waals surface area contributed by atoms with Gasteiger partial charge in [0.25, 0.3) is 10.1 Å². The first kappa shape index (κ1) is 19.1. The van der Waals surface area contributed by atoms with E-state index in [1.54, 1.807) is 6.92 Å². The van der Waals surface area contributed by atoms with Crippen LogP contribution in [0.25, 0.3) is 32.3 Å². The van der Waals surface area contributed by atoms with Gasteiger partial charge in [0.1, 0.15) is 0 Å². The van der Waals surface area contributed by atoms with Crippen molar-refractivity contribution in [1.82, 2.24) is 5.32 Å². The molecule has 1 unspecified atom stereocenters. The molecule has 28 heavy (non-hydrogen) atoms. The van der Waals surface area contributed by atoms with Crippen LogP contribution in [0.15, 0.2) is 54.6 Å². The average molecular weight is 397 g/mol. The number of hydrogen-bond acceptors (Lipinski definition) is 5. The highest BCUT2D eigenvalue weighted by Crippen LogP contribution is 2.35. The lowest BCUT2D eigenvalue weighted by molar-refractivity contribution is 0.118. The van der Waals surface area contributed by atoms with Crippen molar-refractivity contribution >= 4 is 42.4 Å². The fraction of sp³-hybridized carbons (Fsp3) is 0.273. The summed E-state index contributed by atoms with van der Waals surface area (Å²) in [7, 11) is -3.57. The van der Waals surface area contributed by atoms with Crippen LogP contribution in [0.1, 0.15) is 12.5 Å². The van der Waals surface area contributed by atoms with Crippen LogP contribution in [0, 0.1) is 0 Å². The topological polar surface area (TPSA) is 75.6 Å². The Morgan fingerprint density at radius 3 is 2.21 bits per heavy atom. The third-order valence-corrected chi connectivity index (χ3v) is 5.81. The third-order valence-electron chi connectivity index (χ3n) is 5.27. The zero-order valence-electron chi connectivity index (χ0n) is 15.9. The predicted octanol–water partition coefficient (Wildman–Crippen LogP) is 3.40. The van der Waals surface area contributed by atoms with Crippen molar-refractivity contribution in [2.24, 2.45) is 0 Å². The quantitative estimate of drug-likeness (QED) is 0.369. The molecule has 0 saturated carbocycles. The van der Waals surface area contributed by atoms with E-state index in [1.807, 2.05) is 0 Å². The Kier molecular flexibility index (Phi) is 4.75. The molecule has 4 aromatic carbocycles. The first-order valence-corrected chi connectivity index (χ1v) is 11.0. The zero-order chi connectivity index (χ0) is 19.9. The van der Waals surface area contributed by atoms with Gasteiger partial charge in [0.05, 0.1) is 25.0 Å². The summed E-state index contributed by atoms with van der Waals surface area (Å²) in [6.45, 7) is 1.86. The second kappa shape index (κ2) is 6.97. The summed E-state index contributed by atoms with van der Waals surface area (Å²) >= 11 is 0. The summed E-state index contributed by atoms with van der Waals surface area (Å²) in [6, 6.07) is 19.0. The summed E-state index contributed by atoms with van der Waals surface area (Å²) in [5.41, 5.74) is 0.220. The standard InChI is InChI=1S/C22H23NO4S/c1-22(13-24,14-27-28(2,25)26)23-12-18-9-8-17-7-6-15-4-3-5-16-10-11-19(18)21(17)20(15)16/h3-11,23-24H,12-14H2,1-2H3. The van der Waals surface area contributed by atoms with E-state index >= 15 is 0 Å². The third kappa shape index (κ3) is 3.56. The van der Waals surface area contributed by atoms with E-state index in [4.69, 9.17) is 4.18 Å². The van der Waals surface area contributed by atoms with Crippen molar-refractivity contribution in [2.45, 2.75) is 19.0 Å². The summed E-state index contributed by atoms with van der Waals surface area (Å²) in [4.78, 5) is 0. The molecule has 0 aliphatic rings. The minimum absolute atomic E-state index is 0.131. The minimum Gasteiger partial charge on any atom is -0.394 e. The second-order valence-electron chi connectivity index (χ2n) is 7.62. The van der Waals surface area contributed by atoms with Crippen LogP contribution in [-0.2, 0) is 20.8 Å². The maximum atomic E-state index is 11.3. The lowest BCUT2D eigenvalue weighted by Gasteiger charge is -2.28. The van der Waals surface area contributed by atoms with Crippen LogP contribution in [0.5, 0.6) is 0 Å². The van der Waals surface area contributed by atoms with E-state index in [2.05, 4.69) is 59.9 Å². The predicted molar refractivity (Wildman–Crippen MR) is 113 cm³/mol. The molecule has 0 aliphatic heterocycles. The number of benzene rings is 4. The fourth-order valence-electron chi connectivity index (χ4n) is 3.65. The molecule has 0 fully saturated rings. The summed E-state index contributed by atoms with van der Waals surface area (Å²) < 4.78 is 27.5. The molecule has 2 N–H and O–H groups in total. The number of rotatable bonds is 7. The van der Waals surface area contributed by atoms with Gasteiger partial charge in [-0.05, 0) is 44.8 Å². The van der Waals surface area contributed by atoms with E-state index in [0.717, 1.165) is 17.2 Å². The summed E-state index contributed by atoms with van der Waals surface area (Å²) in [5, 5.41) is 20.3. The van der Waals surface area contributed by atoms with E-state index in [1.165, 1.54) is 26.9 Å². The Morgan fingerprint density at radius 1 is 0.964 bits per heavy atom. The lowest BCUT2D eigenvalue weighted by Crippen LogP contribution is -2.49. The van der Waals surface area contributed by atoms with Crippen LogP contribution in [0.3, 0.4) is 0 Å². The zero-order valence-corrected chi connectivity index (χ0v) is 16.7. The lowest BCUT2D eigenvalue weighted by atomic mass is 9.91. The highest BCUT2D eigenvalue weighted by molar-refractivity contribution is 7.85. The van der Waals surface area contributed by atoms with Gasteiger partial charge in [0, 0.05) is 6.54 Å². The Hall–Kier alpha value is -2.25. The van der Waals surface area contributed by atoms with Crippen molar-refractivity contribution in [1.29, 1.82) is 0 Å². The first-order chi connectivity index (χ1) is 13.3. The largest absolute Gasteiger partial charge is 0.394 e. The van der Waals surface area contributed by atoms with E-state index < -0.39 is 15.7 Å². The van der Waals surface area contributed by atoms with Crippen LogP contribution in [0.2, 0.25) is 0 Å². The molecule has 0 radical (unpaired) electrons. The normalized spacial score (nSPS) is 14.8. The summed E-state index contributed by atoms with van der Waals surface area (Å²) in [5.74, 6) is 0. The Balaban J connectivity index is 1.71. The van der Waals surface area contributed by atoms with Crippen LogP contribution >= 0.6 is 0 Å². The van der Waals surface area contributed by atoms with Gasteiger partial charge in [0.15, 0.2) is 0 Å². The fourth-order valence-corrected chi connectivity index (χ4v) is 4.12. The Labute approximate surface area is 164 Å². The highest BCUT2D eigenvalue weighted by Gasteiger charge is 2.25. The van der Waals surface area contributed by atoms with Gasteiger partial charge in [-0.15, -0.1) is 0 Å². The van der Waals surface area contributed by atoms with Gasteiger partial charge in [-0.1, -0.05) is 54.6 Å². The Morgan fingerprint density at radius 2 is 1.57 bits per heavy atom. The molecular weight excluding hydrogens is 374 g/mol. The second-order valence-corrected chi connectivity index (χ2v) is 9.26. The van der Waals surface area contributed by atoms with Gasteiger partial charge in [-0.3, -0.25) is 4.18 Å². The highest BCUT2D eigenvalue weighted by atomic mass is 32.2. The molecule has 0 aliphatic carbocycles. The van der Waals surface area contributed by atoms with Crippen molar-refractivity contribution in [3.05, 3.63) is 60.2 Å². The number of nitrogens with one attached hydrogen (secondary N) is 1. The Bertz CT molecular complexity index is 1240. The number of aliphatic hydroxyl groups excluding tert-OH is 1. The molecule has 4 rings (SSSR count). The molecule has 1 atom stereocenters. The molecule has 146 valence electrons. The van der Waals surface area contributed by atoms with Gasteiger partial charge < -0.3 is 10.4 Å². The van der Waals surface area contributed by atoms with Gasteiger partial charge in [-0.2, -0.15) is 8.42 Å². The monoisotopic (exact) mass is 397 g/mol. The molecule has 5 nitrogen and oxygen atoms in total. The molecule has 0 aromatic heterocycles. The van der Waals surface area contributed by atoms with E-state index in [9.17, 15) is 13.5 Å². The van der Waals surface area contributed by atoms with Crippen molar-refractivity contribution < 1.29 is 17.7 Å². The number of aliphatic hydroxyl groups is 1. The van der Waals surface area contributed by atoms with Gasteiger partial charge in [0.2, 0.25) is 0 Å². The molecule has 0 bridgehead atoms. The first-order valence-electron chi connectivity index (χ1n) is 9.15. The van der Waals surface area contributed by atoms with Crippen molar-refractivity contribution in [3.8, 4) is 0 Å². The molecule has 0 amide bonds.